The van der Waals surface area contributed by atoms with E-state index in [1.807, 2.05) is 18.2 Å². The number of pyridine rings is 1. The van der Waals surface area contributed by atoms with Crippen LogP contribution >= 0.6 is 0 Å². The van der Waals surface area contributed by atoms with Crippen LogP contribution in [0.4, 0.5) is 10.5 Å². The van der Waals surface area contributed by atoms with Crippen LogP contribution in [0.25, 0.3) is 10.9 Å². The van der Waals surface area contributed by atoms with Gasteiger partial charge in [-0.1, -0.05) is 13.0 Å². The molecular weight excluding hydrogens is 406 g/mol. The third kappa shape index (κ3) is 5.11. The van der Waals surface area contributed by atoms with Crippen molar-refractivity contribution in [3.05, 3.63) is 70.0 Å². The van der Waals surface area contributed by atoms with E-state index in [-0.39, 0.29) is 24.2 Å². The average Bonchev–Trinajstić information content (AvgIpc) is 3.32. The number of aryl methyl sites for hydroxylation is 1. The first kappa shape index (κ1) is 21.9. The maximum Gasteiger partial charge on any atom is 0.322 e. The molecular formula is C25H29N3O4. The van der Waals surface area contributed by atoms with Gasteiger partial charge in [-0.25, -0.2) is 4.79 Å². The van der Waals surface area contributed by atoms with Crippen LogP contribution < -0.4 is 15.6 Å². The topological polar surface area (TPSA) is 83.7 Å². The number of urea groups is 1. The highest BCUT2D eigenvalue weighted by Crippen LogP contribution is 2.19. The van der Waals surface area contributed by atoms with E-state index in [0.717, 1.165) is 30.2 Å². The van der Waals surface area contributed by atoms with Crippen LogP contribution in [0.1, 0.15) is 30.9 Å². The molecule has 0 spiro atoms. The molecule has 2 N–H and O–H groups in total. The van der Waals surface area contributed by atoms with Crippen LogP contribution in [0, 0.1) is 0 Å². The summed E-state index contributed by atoms with van der Waals surface area (Å²) in [6.45, 7) is 3.42. The first-order valence-corrected chi connectivity index (χ1v) is 11.0. The molecule has 168 valence electrons. The molecule has 1 aliphatic rings. The van der Waals surface area contributed by atoms with Gasteiger partial charge in [-0.05, 0) is 72.7 Å². The zero-order valence-corrected chi connectivity index (χ0v) is 18.5. The standard InChI is InChI=1S/C25H29N3O4/c1-3-17-6-11-23-18(13-17)14-19(24(29)27-23)15-28(16-22-5-4-12-32-22)25(30)26-20-7-9-21(31-2)10-8-20/h6-11,13-14,22H,3-5,12,15-16H2,1-2H3,(H,26,30)(H,27,29). The van der Waals surface area contributed by atoms with E-state index in [1.54, 1.807) is 36.3 Å². The Morgan fingerprint density at radius 1 is 1.22 bits per heavy atom. The molecule has 1 fully saturated rings. The van der Waals surface area contributed by atoms with Gasteiger partial charge >= 0.3 is 6.03 Å². The van der Waals surface area contributed by atoms with E-state index < -0.39 is 0 Å². The minimum Gasteiger partial charge on any atom is -0.497 e. The van der Waals surface area contributed by atoms with Gasteiger partial charge in [0.1, 0.15) is 5.75 Å². The van der Waals surface area contributed by atoms with Crippen molar-refractivity contribution in [3.8, 4) is 5.75 Å². The Morgan fingerprint density at radius 3 is 2.72 bits per heavy atom. The maximum absolute atomic E-state index is 13.2. The smallest absolute Gasteiger partial charge is 0.322 e. The number of hydrogen-bond donors (Lipinski definition) is 2. The molecule has 2 aromatic carbocycles. The zero-order chi connectivity index (χ0) is 22.5. The van der Waals surface area contributed by atoms with Gasteiger partial charge in [0.05, 0.1) is 19.8 Å². The fourth-order valence-corrected chi connectivity index (χ4v) is 3.97. The third-order valence-electron chi connectivity index (χ3n) is 5.83. The number of carbonyl (C=O) groups is 1. The Bertz CT molecular complexity index is 1130. The lowest BCUT2D eigenvalue weighted by atomic mass is 10.1. The maximum atomic E-state index is 13.2. The largest absolute Gasteiger partial charge is 0.497 e. The van der Waals surface area contributed by atoms with Gasteiger partial charge in [0.2, 0.25) is 0 Å². The summed E-state index contributed by atoms with van der Waals surface area (Å²) < 4.78 is 10.9. The number of anilines is 1. The van der Waals surface area contributed by atoms with Gasteiger partial charge in [0.15, 0.2) is 0 Å². The lowest BCUT2D eigenvalue weighted by Gasteiger charge is -2.26. The molecule has 0 radical (unpaired) electrons. The molecule has 0 saturated carbocycles. The van der Waals surface area contributed by atoms with Crippen molar-refractivity contribution in [1.82, 2.24) is 9.88 Å². The van der Waals surface area contributed by atoms with Crippen LogP contribution in [0.15, 0.2) is 53.3 Å². The SMILES string of the molecule is CCc1ccc2[nH]c(=O)c(CN(CC3CCCO3)C(=O)Nc3ccc(OC)cc3)cc2c1. The normalized spacial score (nSPS) is 15.6. The van der Waals surface area contributed by atoms with Crippen LogP contribution in [0.3, 0.4) is 0 Å². The molecule has 1 saturated heterocycles. The second-order valence-electron chi connectivity index (χ2n) is 8.07. The first-order valence-electron chi connectivity index (χ1n) is 11.0. The van der Waals surface area contributed by atoms with Crippen molar-refractivity contribution >= 4 is 22.6 Å². The number of amides is 2. The number of methoxy groups -OCH3 is 1. The minimum atomic E-state index is -0.271. The first-order chi connectivity index (χ1) is 15.6. The summed E-state index contributed by atoms with van der Waals surface area (Å²) in [7, 11) is 1.60. The summed E-state index contributed by atoms with van der Waals surface area (Å²) in [5.74, 6) is 0.716. The minimum absolute atomic E-state index is 0.0251. The molecule has 7 heteroatoms. The Balaban J connectivity index is 1.58. The molecule has 0 aliphatic carbocycles. The quantitative estimate of drug-likeness (QED) is 0.579. The number of benzene rings is 2. The summed E-state index contributed by atoms with van der Waals surface area (Å²) in [4.78, 5) is 30.5. The predicted octanol–water partition coefficient (Wildman–Crippen LogP) is 4.31. The zero-order valence-electron chi connectivity index (χ0n) is 18.5. The molecule has 7 nitrogen and oxygen atoms in total. The predicted molar refractivity (Wildman–Crippen MR) is 125 cm³/mol. The molecule has 32 heavy (non-hydrogen) atoms. The van der Waals surface area contributed by atoms with Crippen LogP contribution in [0.5, 0.6) is 5.75 Å². The lowest BCUT2D eigenvalue weighted by molar-refractivity contribution is 0.0818. The molecule has 1 atom stereocenters. The highest BCUT2D eigenvalue weighted by atomic mass is 16.5. The molecule has 2 amide bonds. The highest BCUT2D eigenvalue weighted by molar-refractivity contribution is 5.89. The van der Waals surface area contributed by atoms with Crippen molar-refractivity contribution in [1.29, 1.82) is 0 Å². The summed E-state index contributed by atoms with van der Waals surface area (Å²) >= 11 is 0. The van der Waals surface area contributed by atoms with Gasteiger partial charge in [0, 0.05) is 29.9 Å². The Morgan fingerprint density at radius 2 is 2.03 bits per heavy atom. The van der Waals surface area contributed by atoms with Crippen LogP contribution in [-0.2, 0) is 17.7 Å². The lowest BCUT2D eigenvalue weighted by Crippen LogP contribution is -2.40. The van der Waals surface area contributed by atoms with Gasteiger partial charge < -0.3 is 24.7 Å². The molecule has 1 aromatic heterocycles. The number of rotatable bonds is 7. The second-order valence-corrected chi connectivity index (χ2v) is 8.07. The Kier molecular flexibility index (Phi) is 6.75. The number of fused-ring (bicyclic) bond motifs is 1. The van der Waals surface area contributed by atoms with Crippen LogP contribution in [-0.4, -0.2) is 42.3 Å². The Hall–Kier alpha value is -3.32. The summed E-state index contributed by atoms with van der Waals surface area (Å²) in [6, 6.07) is 14.8. The monoisotopic (exact) mass is 435 g/mol. The van der Waals surface area contributed by atoms with E-state index in [0.29, 0.717) is 30.2 Å². The molecule has 1 aliphatic heterocycles. The van der Waals surface area contributed by atoms with Crippen molar-refractivity contribution in [3.63, 3.8) is 0 Å². The number of nitrogens with zero attached hydrogens (tertiary/aromatic N) is 1. The van der Waals surface area contributed by atoms with Gasteiger partial charge in [0.25, 0.3) is 5.56 Å². The van der Waals surface area contributed by atoms with Crippen molar-refractivity contribution in [2.45, 2.75) is 38.8 Å². The number of nitrogens with one attached hydrogen (secondary N) is 2. The molecule has 2 heterocycles. The van der Waals surface area contributed by atoms with E-state index in [2.05, 4.69) is 23.3 Å². The van der Waals surface area contributed by atoms with E-state index in [4.69, 9.17) is 9.47 Å². The van der Waals surface area contributed by atoms with E-state index >= 15 is 0 Å². The third-order valence-corrected chi connectivity index (χ3v) is 5.83. The number of carbonyl (C=O) groups excluding carboxylic acids is 1. The summed E-state index contributed by atoms with van der Waals surface area (Å²) in [5, 5.41) is 3.89. The summed E-state index contributed by atoms with van der Waals surface area (Å²) in [6.07, 6.45) is 2.78. The van der Waals surface area contributed by atoms with Crippen molar-refractivity contribution in [2.24, 2.45) is 0 Å². The molecule has 0 bridgehead atoms. The fourth-order valence-electron chi connectivity index (χ4n) is 3.97. The number of ether oxygens (including phenoxy) is 2. The molecule has 1 unspecified atom stereocenters. The van der Waals surface area contributed by atoms with Crippen LogP contribution in [0.2, 0.25) is 0 Å². The van der Waals surface area contributed by atoms with Gasteiger partial charge in [-0.2, -0.15) is 0 Å². The number of hydrogen-bond acceptors (Lipinski definition) is 4. The Labute approximate surface area is 187 Å². The molecule has 3 aromatic rings. The van der Waals surface area contributed by atoms with Gasteiger partial charge in [-0.3, -0.25) is 4.79 Å². The van der Waals surface area contributed by atoms with Crippen molar-refractivity contribution in [2.75, 3.05) is 25.6 Å². The molecule has 4 rings (SSSR count). The number of H-pyrrole nitrogens is 1. The highest BCUT2D eigenvalue weighted by Gasteiger charge is 2.24. The van der Waals surface area contributed by atoms with E-state index in [1.165, 1.54) is 5.56 Å². The average molecular weight is 436 g/mol. The van der Waals surface area contributed by atoms with Crippen molar-refractivity contribution < 1.29 is 14.3 Å². The van der Waals surface area contributed by atoms with Gasteiger partial charge in [-0.15, -0.1) is 0 Å². The fraction of sp³-hybridized carbons (Fsp3) is 0.360. The second kappa shape index (κ2) is 9.87. The number of aromatic nitrogens is 1. The number of aromatic amines is 1. The van der Waals surface area contributed by atoms with E-state index in [9.17, 15) is 9.59 Å². The summed E-state index contributed by atoms with van der Waals surface area (Å²) in [5.41, 5.74) is 3.02.